The number of carbonyl (C=O) groups excluding carboxylic acids is 3. The van der Waals surface area contributed by atoms with Crippen molar-refractivity contribution < 1.29 is 43.5 Å². The molecule has 1 unspecified atom stereocenters. The SMILES string of the molecule is CCOc1ccc2c(c1)CC(NCCCCO)C(=O)N2c1cccc(CN2C(=O)[C@]3(O[C@H](CC(=O)N(CCO)Cc4ccccc4)[C@@H]([Si](C)(C)c4ccc(OC)cc4)[C@@H]3C)c3cc(OC)ccc32)c1. The van der Waals surface area contributed by atoms with Crippen LogP contribution >= 0.6 is 0 Å². The summed E-state index contributed by atoms with van der Waals surface area (Å²) in [7, 11) is 0.629. The van der Waals surface area contributed by atoms with Gasteiger partial charge in [0.25, 0.3) is 5.91 Å². The van der Waals surface area contributed by atoms with Crippen LogP contribution < -0.4 is 34.5 Å². The number of nitrogens with zero attached hydrogens (tertiary/aromatic N) is 3. The lowest BCUT2D eigenvalue weighted by Crippen LogP contribution is -2.52. The first-order valence-electron chi connectivity index (χ1n) is 24.2. The van der Waals surface area contributed by atoms with E-state index in [1.54, 1.807) is 28.9 Å². The van der Waals surface area contributed by atoms with Crippen LogP contribution in [0.4, 0.5) is 17.1 Å². The minimum absolute atomic E-state index is 0.0134. The Hall–Kier alpha value is -6.03. The molecule has 1 spiro atoms. The van der Waals surface area contributed by atoms with Crippen LogP contribution in [-0.4, -0.2) is 100 Å². The summed E-state index contributed by atoms with van der Waals surface area (Å²) in [5.74, 6) is 1.18. The quantitative estimate of drug-likeness (QED) is 0.0539. The number of methoxy groups -OCH3 is 2. The number of nitrogens with one attached hydrogen (secondary N) is 1. The molecule has 14 heteroatoms. The highest BCUT2D eigenvalue weighted by Crippen LogP contribution is 2.60. The molecular formula is C55H66N4O9Si. The van der Waals surface area contributed by atoms with Gasteiger partial charge in [0.2, 0.25) is 11.8 Å². The van der Waals surface area contributed by atoms with E-state index in [2.05, 4.69) is 37.5 Å². The Labute approximate surface area is 407 Å². The maximum absolute atomic E-state index is 15.8. The van der Waals surface area contributed by atoms with Crippen molar-refractivity contribution in [3.63, 3.8) is 0 Å². The monoisotopic (exact) mass is 954 g/mol. The third-order valence-corrected chi connectivity index (χ3v) is 18.7. The molecular weight excluding hydrogens is 889 g/mol. The average molecular weight is 955 g/mol. The van der Waals surface area contributed by atoms with E-state index < -0.39 is 25.8 Å². The molecule has 3 N–H and O–H groups in total. The molecule has 1 saturated heterocycles. The van der Waals surface area contributed by atoms with Gasteiger partial charge in [0.1, 0.15) is 17.2 Å². The summed E-state index contributed by atoms with van der Waals surface area (Å²) in [6, 6.07) is 36.6. The summed E-state index contributed by atoms with van der Waals surface area (Å²) >= 11 is 0. The zero-order chi connectivity index (χ0) is 48.9. The van der Waals surface area contributed by atoms with Crippen molar-refractivity contribution in [1.29, 1.82) is 0 Å². The Morgan fingerprint density at radius 1 is 0.841 bits per heavy atom. The Balaban J connectivity index is 1.16. The van der Waals surface area contributed by atoms with Gasteiger partial charge in [0, 0.05) is 36.9 Å². The van der Waals surface area contributed by atoms with Gasteiger partial charge in [-0.15, -0.1) is 0 Å². The normalized spacial score (nSPS) is 20.8. The van der Waals surface area contributed by atoms with Crippen LogP contribution in [0, 0.1) is 5.92 Å². The summed E-state index contributed by atoms with van der Waals surface area (Å²) in [5.41, 5.74) is 3.86. The molecule has 364 valence electrons. The number of hydrogen-bond donors (Lipinski definition) is 3. The molecule has 5 atom stereocenters. The molecule has 3 amide bonds. The Morgan fingerprint density at radius 3 is 2.26 bits per heavy atom. The molecule has 69 heavy (non-hydrogen) atoms. The van der Waals surface area contributed by atoms with Gasteiger partial charge in [-0.25, -0.2) is 0 Å². The van der Waals surface area contributed by atoms with Gasteiger partial charge in [-0.05, 0) is 116 Å². The Bertz CT molecular complexity index is 2610. The summed E-state index contributed by atoms with van der Waals surface area (Å²) < 4.78 is 24.6. The molecule has 13 nitrogen and oxygen atoms in total. The first-order chi connectivity index (χ1) is 33.4. The second kappa shape index (κ2) is 21.3. The summed E-state index contributed by atoms with van der Waals surface area (Å²) in [5, 5.41) is 24.1. The molecule has 5 aromatic rings. The lowest BCUT2D eigenvalue weighted by Gasteiger charge is -2.37. The van der Waals surface area contributed by atoms with Crippen molar-refractivity contribution in [1.82, 2.24) is 10.2 Å². The molecule has 0 bridgehead atoms. The lowest BCUT2D eigenvalue weighted by molar-refractivity contribution is -0.150. The van der Waals surface area contributed by atoms with E-state index in [4.69, 9.17) is 18.9 Å². The van der Waals surface area contributed by atoms with Crippen LogP contribution in [0.5, 0.6) is 17.2 Å². The third-order valence-electron chi connectivity index (χ3n) is 14.4. The van der Waals surface area contributed by atoms with Crippen LogP contribution in [-0.2, 0) is 44.2 Å². The first-order valence-corrected chi connectivity index (χ1v) is 27.2. The van der Waals surface area contributed by atoms with Crippen LogP contribution in [0.15, 0.2) is 115 Å². The van der Waals surface area contributed by atoms with E-state index in [-0.39, 0.29) is 61.9 Å². The van der Waals surface area contributed by atoms with Gasteiger partial charge < -0.3 is 44.3 Å². The highest BCUT2D eigenvalue weighted by molar-refractivity contribution is 6.91. The van der Waals surface area contributed by atoms with Gasteiger partial charge in [-0.1, -0.05) is 79.8 Å². The number of unbranched alkanes of at least 4 members (excludes halogenated alkanes) is 1. The van der Waals surface area contributed by atoms with Crippen LogP contribution in [0.1, 0.15) is 55.4 Å². The summed E-state index contributed by atoms with van der Waals surface area (Å²) in [4.78, 5) is 50.1. The van der Waals surface area contributed by atoms with Crippen molar-refractivity contribution >= 4 is 48.0 Å². The summed E-state index contributed by atoms with van der Waals surface area (Å²) in [6.45, 7) is 10.3. The van der Waals surface area contributed by atoms with Crippen LogP contribution in [0.3, 0.4) is 0 Å². The maximum atomic E-state index is 15.8. The molecule has 3 aliphatic heterocycles. The minimum Gasteiger partial charge on any atom is -0.497 e. The maximum Gasteiger partial charge on any atom is 0.264 e. The van der Waals surface area contributed by atoms with E-state index in [9.17, 15) is 19.8 Å². The van der Waals surface area contributed by atoms with E-state index in [0.717, 1.165) is 45.5 Å². The van der Waals surface area contributed by atoms with Gasteiger partial charge in [-0.3, -0.25) is 19.3 Å². The number of carbonyl (C=O) groups is 3. The third kappa shape index (κ3) is 9.78. The number of hydrogen-bond acceptors (Lipinski definition) is 10. The molecule has 0 aliphatic carbocycles. The summed E-state index contributed by atoms with van der Waals surface area (Å²) in [6.07, 6.45) is 1.22. The van der Waals surface area contributed by atoms with Crippen molar-refractivity contribution in [2.45, 2.75) is 89.0 Å². The highest BCUT2D eigenvalue weighted by atomic mass is 28.3. The van der Waals surface area contributed by atoms with Gasteiger partial charge in [0.15, 0.2) is 5.60 Å². The van der Waals surface area contributed by atoms with Crippen molar-refractivity contribution in [3.05, 3.63) is 138 Å². The largest absolute Gasteiger partial charge is 0.497 e. The number of benzene rings is 5. The minimum atomic E-state index is -2.62. The van der Waals surface area contributed by atoms with Crippen LogP contribution in [0.25, 0.3) is 0 Å². The molecule has 0 radical (unpaired) electrons. The molecule has 5 aromatic carbocycles. The predicted molar refractivity (Wildman–Crippen MR) is 270 cm³/mol. The van der Waals surface area contributed by atoms with Gasteiger partial charge in [0.05, 0.1) is 72.0 Å². The van der Waals surface area contributed by atoms with Gasteiger partial charge >= 0.3 is 0 Å². The zero-order valence-corrected chi connectivity index (χ0v) is 41.7. The number of aliphatic hydroxyl groups is 2. The van der Waals surface area contributed by atoms with Crippen LogP contribution in [0.2, 0.25) is 18.6 Å². The lowest BCUT2D eigenvalue weighted by atomic mass is 9.82. The number of aliphatic hydroxyl groups excluding tert-OH is 2. The number of amides is 3. The fraction of sp³-hybridized carbons (Fsp3) is 0.400. The number of anilines is 3. The molecule has 3 aliphatic rings. The van der Waals surface area contributed by atoms with Crippen molar-refractivity contribution in [3.8, 4) is 17.2 Å². The van der Waals surface area contributed by atoms with E-state index >= 15 is 4.79 Å². The molecule has 0 aromatic heterocycles. The number of ether oxygens (including phenoxy) is 4. The van der Waals surface area contributed by atoms with E-state index in [1.807, 2.05) is 110 Å². The molecule has 1 fully saturated rings. The van der Waals surface area contributed by atoms with Crippen molar-refractivity contribution in [2.75, 3.05) is 56.9 Å². The number of rotatable bonds is 20. The smallest absolute Gasteiger partial charge is 0.264 e. The average Bonchev–Trinajstić information content (AvgIpc) is 3.78. The molecule has 8 rings (SSSR count). The standard InChI is InChI=1S/C55H66N4O9Si/c1-7-67-44-21-24-48-40(31-44)32-47(56-26-11-12-28-60)53(63)59(48)41-17-13-16-39(30-41)36-58-49-25-20-43(66-4)33-46(49)55(54(58)64)37(2)52(69(5,6)45-22-18-42(65-3)19-23-45)50(68-55)34-51(62)57(27-29-61)35-38-14-9-8-10-15-38/h8-10,13-25,30-31,33,37,47,50,52,56,60-61H,7,11-12,26-29,32,34-36H2,1-6H3/t37-,47?,50+,52-,55+/m0/s1. The van der Waals surface area contributed by atoms with Crippen molar-refractivity contribution in [2.24, 2.45) is 5.92 Å². The number of fused-ring (bicyclic) bond motifs is 3. The van der Waals surface area contributed by atoms with E-state index in [1.165, 1.54) is 0 Å². The second-order valence-corrected chi connectivity index (χ2v) is 23.6. The molecule has 0 saturated carbocycles. The van der Waals surface area contributed by atoms with Gasteiger partial charge in [-0.2, -0.15) is 0 Å². The Morgan fingerprint density at radius 2 is 1.55 bits per heavy atom. The zero-order valence-electron chi connectivity index (χ0n) is 40.7. The fourth-order valence-corrected chi connectivity index (χ4v) is 15.0. The Kier molecular flexibility index (Phi) is 15.3. The highest BCUT2D eigenvalue weighted by Gasteiger charge is 2.66. The first kappa shape index (κ1) is 49.4. The topological polar surface area (TPSA) is 150 Å². The van der Waals surface area contributed by atoms with E-state index in [0.29, 0.717) is 55.2 Å². The second-order valence-electron chi connectivity index (χ2n) is 18.9. The fourth-order valence-electron chi connectivity index (χ4n) is 11.0. The molecule has 3 heterocycles. The predicted octanol–water partition coefficient (Wildman–Crippen LogP) is 7.23.